The van der Waals surface area contributed by atoms with Crippen molar-refractivity contribution in [3.05, 3.63) is 57.2 Å². The SMILES string of the molecule is COc1cc(C2C(C#N)=C(SCC(=O)Nc3nccs3)NC3=C2C(=O)CCC3)ccc1O. The van der Waals surface area contributed by atoms with Gasteiger partial charge >= 0.3 is 0 Å². The summed E-state index contributed by atoms with van der Waals surface area (Å²) in [5.41, 5.74) is 2.38. The normalized spacial score (nSPS) is 18.0. The molecule has 0 spiro atoms. The third-order valence-corrected chi connectivity index (χ3v) is 6.93. The highest BCUT2D eigenvalue weighted by Gasteiger charge is 2.37. The molecule has 10 heteroatoms. The molecule has 3 N–H and O–H groups in total. The molecule has 2 heterocycles. The third-order valence-electron chi connectivity index (χ3n) is 5.23. The molecule has 1 aliphatic carbocycles. The molecule has 0 saturated carbocycles. The highest BCUT2D eigenvalue weighted by Crippen LogP contribution is 2.45. The van der Waals surface area contributed by atoms with Crippen LogP contribution in [0.25, 0.3) is 0 Å². The topological polar surface area (TPSA) is 124 Å². The van der Waals surface area contributed by atoms with E-state index in [1.807, 2.05) is 0 Å². The van der Waals surface area contributed by atoms with Crippen molar-refractivity contribution in [1.29, 1.82) is 5.26 Å². The largest absolute Gasteiger partial charge is 0.504 e. The first-order valence-electron chi connectivity index (χ1n) is 9.88. The van der Waals surface area contributed by atoms with E-state index in [9.17, 15) is 20.0 Å². The van der Waals surface area contributed by atoms with E-state index in [-0.39, 0.29) is 28.9 Å². The second-order valence-electron chi connectivity index (χ2n) is 7.19. The van der Waals surface area contributed by atoms with Crippen molar-refractivity contribution in [2.75, 3.05) is 18.2 Å². The fourth-order valence-electron chi connectivity index (χ4n) is 3.82. The highest BCUT2D eigenvalue weighted by atomic mass is 32.2. The summed E-state index contributed by atoms with van der Waals surface area (Å²) < 4.78 is 5.24. The standard InChI is InChI=1S/C22H20N4O4S2/c1-30-17-9-12(5-6-15(17)27)19-13(10-23)21(25-14-3-2-4-16(28)20(14)19)32-11-18(29)26-22-24-7-8-31-22/h5-9,19,25,27H,2-4,11H2,1H3,(H,24,26,29). The zero-order valence-corrected chi connectivity index (χ0v) is 18.8. The third kappa shape index (κ3) is 4.35. The lowest BCUT2D eigenvalue weighted by Gasteiger charge is -2.33. The average Bonchev–Trinajstić information content (AvgIpc) is 3.30. The molecular formula is C22H20N4O4S2. The van der Waals surface area contributed by atoms with Crippen LogP contribution >= 0.6 is 23.1 Å². The van der Waals surface area contributed by atoms with Gasteiger partial charge in [-0.1, -0.05) is 17.8 Å². The summed E-state index contributed by atoms with van der Waals surface area (Å²) >= 11 is 2.54. The summed E-state index contributed by atoms with van der Waals surface area (Å²) in [7, 11) is 1.45. The molecule has 0 bridgehead atoms. The molecule has 1 atom stereocenters. The minimum Gasteiger partial charge on any atom is -0.504 e. The Labute approximate surface area is 193 Å². The highest BCUT2D eigenvalue weighted by molar-refractivity contribution is 8.03. The maximum absolute atomic E-state index is 12.9. The van der Waals surface area contributed by atoms with E-state index in [0.717, 1.165) is 12.1 Å². The molecule has 1 aliphatic heterocycles. The van der Waals surface area contributed by atoms with Crippen molar-refractivity contribution in [2.24, 2.45) is 0 Å². The fraction of sp³-hybridized carbons (Fsp3) is 0.273. The Hall–Kier alpha value is -3.29. The van der Waals surface area contributed by atoms with E-state index in [1.165, 1.54) is 36.3 Å². The van der Waals surface area contributed by atoms with Gasteiger partial charge in [-0.15, -0.1) is 11.3 Å². The fourth-order valence-corrected chi connectivity index (χ4v) is 5.23. The Morgan fingerprint density at radius 1 is 1.47 bits per heavy atom. The van der Waals surface area contributed by atoms with Crippen molar-refractivity contribution < 1.29 is 19.4 Å². The van der Waals surface area contributed by atoms with Gasteiger partial charge in [-0.25, -0.2) is 4.98 Å². The molecule has 8 nitrogen and oxygen atoms in total. The number of nitriles is 1. The number of Topliss-reactive ketones (excluding diaryl/α,β-unsaturated/α-hetero) is 1. The summed E-state index contributed by atoms with van der Waals surface area (Å²) in [6.45, 7) is 0. The Bertz CT molecular complexity index is 1170. The summed E-state index contributed by atoms with van der Waals surface area (Å²) in [6.07, 6.45) is 3.43. The van der Waals surface area contributed by atoms with Crippen molar-refractivity contribution >= 4 is 39.9 Å². The molecule has 2 aromatic rings. The van der Waals surface area contributed by atoms with Crippen LogP contribution in [0, 0.1) is 11.3 Å². The molecule has 0 fully saturated rings. The van der Waals surface area contributed by atoms with Crippen LogP contribution in [-0.2, 0) is 9.59 Å². The lowest BCUT2D eigenvalue weighted by atomic mass is 9.77. The van der Waals surface area contributed by atoms with Crippen LogP contribution in [0.4, 0.5) is 5.13 Å². The first-order chi connectivity index (χ1) is 15.5. The van der Waals surface area contributed by atoms with Gasteiger partial charge in [0.2, 0.25) is 5.91 Å². The van der Waals surface area contributed by atoms with Gasteiger partial charge in [-0.3, -0.25) is 9.59 Å². The van der Waals surface area contributed by atoms with E-state index >= 15 is 0 Å². The number of anilines is 1. The van der Waals surface area contributed by atoms with Crippen LogP contribution in [0.15, 0.2) is 51.6 Å². The maximum atomic E-state index is 12.9. The smallest absolute Gasteiger partial charge is 0.236 e. The first kappa shape index (κ1) is 21.9. The number of thiazole rings is 1. The van der Waals surface area contributed by atoms with Crippen LogP contribution < -0.4 is 15.4 Å². The predicted molar refractivity (Wildman–Crippen MR) is 122 cm³/mol. The van der Waals surface area contributed by atoms with Gasteiger partial charge in [0, 0.05) is 29.3 Å². The summed E-state index contributed by atoms with van der Waals surface area (Å²) in [4.78, 5) is 29.2. The number of phenols is 1. The Morgan fingerprint density at radius 2 is 2.31 bits per heavy atom. The number of ketones is 1. The van der Waals surface area contributed by atoms with Crippen LogP contribution in [0.2, 0.25) is 0 Å². The molecule has 32 heavy (non-hydrogen) atoms. The first-order valence-corrected chi connectivity index (χ1v) is 11.7. The molecule has 0 radical (unpaired) electrons. The van der Waals surface area contributed by atoms with E-state index < -0.39 is 5.92 Å². The van der Waals surface area contributed by atoms with Crippen molar-refractivity contribution in [1.82, 2.24) is 10.3 Å². The van der Waals surface area contributed by atoms with Gasteiger partial charge in [0.25, 0.3) is 0 Å². The van der Waals surface area contributed by atoms with E-state index in [0.29, 0.717) is 39.7 Å². The number of hydrogen-bond donors (Lipinski definition) is 3. The Balaban J connectivity index is 1.68. The number of phenolic OH excluding ortho intramolecular Hbond substituents is 1. The number of thioether (sulfide) groups is 1. The van der Waals surface area contributed by atoms with Gasteiger partial charge in [0.05, 0.1) is 35.5 Å². The minimum atomic E-state index is -0.594. The van der Waals surface area contributed by atoms with Crippen LogP contribution in [0.5, 0.6) is 11.5 Å². The number of nitrogens with zero attached hydrogens (tertiary/aromatic N) is 2. The van der Waals surface area contributed by atoms with E-state index in [4.69, 9.17) is 4.74 Å². The summed E-state index contributed by atoms with van der Waals surface area (Å²) in [6, 6.07) is 7.07. The number of benzene rings is 1. The molecular weight excluding hydrogens is 448 g/mol. The number of ether oxygens (including phenoxy) is 1. The van der Waals surface area contributed by atoms with Gasteiger partial charge in [0.15, 0.2) is 22.4 Å². The number of carbonyl (C=O) groups excluding carboxylic acids is 2. The van der Waals surface area contributed by atoms with E-state index in [1.54, 1.807) is 23.7 Å². The second-order valence-corrected chi connectivity index (χ2v) is 9.07. The van der Waals surface area contributed by atoms with Crippen molar-refractivity contribution in [3.8, 4) is 17.6 Å². The van der Waals surface area contributed by atoms with Crippen molar-refractivity contribution in [3.63, 3.8) is 0 Å². The molecule has 1 unspecified atom stereocenters. The number of aromatic nitrogens is 1. The number of hydrogen-bond acceptors (Lipinski definition) is 9. The van der Waals surface area contributed by atoms with Gasteiger partial charge in [-0.2, -0.15) is 5.26 Å². The van der Waals surface area contributed by atoms with Gasteiger partial charge in [-0.05, 0) is 30.5 Å². The number of amides is 1. The second kappa shape index (κ2) is 9.46. The van der Waals surface area contributed by atoms with Crippen LogP contribution in [0.3, 0.4) is 0 Å². The monoisotopic (exact) mass is 468 g/mol. The number of allylic oxidation sites excluding steroid dienone is 3. The lowest BCUT2D eigenvalue weighted by Crippen LogP contribution is -2.31. The molecule has 1 aromatic carbocycles. The zero-order valence-electron chi connectivity index (χ0n) is 17.2. The quantitative estimate of drug-likeness (QED) is 0.587. The molecule has 4 rings (SSSR count). The number of methoxy groups -OCH3 is 1. The average molecular weight is 469 g/mol. The maximum Gasteiger partial charge on any atom is 0.236 e. The lowest BCUT2D eigenvalue weighted by molar-refractivity contribution is -0.116. The molecule has 2 aliphatic rings. The van der Waals surface area contributed by atoms with Gasteiger partial charge in [0.1, 0.15) is 0 Å². The summed E-state index contributed by atoms with van der Waals surface area (Å²) in [5, 5.41) is 28.8. The Morgan fingerprint density at radius 3 is 3.03 bits per heavy atom. The number of rotatable bonds is 6. The van der Waals surface area contributed by atoms with Gasteiger partial charge < -0.3 is 20.5 Å². The molecule has 1 amide bonds. The van der Waals surface area contributed by atoms with Crippen LogP contribution in [-0.4, -0.2) is 34.6 Å². The zero-order chi connectivity index (χ0) is 22.7. The van der Waals surface area contributed by atoms with E-state index in [2.05, 4.69) is 21.7 Å². The minimum absolute atomic E-state index is 0.00546. The molecule has 164 valence electrons. The number of nitrogens with one attached hydrogen (secondary N) is 2. The summed E-state index contributed by atoms with van der Waals surface area (Å²) in [5.74, 6) is -0.517. The molecule has 1 aromatic heterocycles. The molecule has 0 saturated heterocycles. The number of carbonyl (C=O) groups is 2. The van der Waals surface area contributed by atoms with Crippen molar-refractivity contribution in [2.45, 2.75) is 25.2 Å². The number of dihydropyridines is 1. The number of aromatic hydroxyl groups is 1. The predicted octanol–water partition coefficient (Wildman–Crippen LogP) is 3.66. The Kier molecular flexibility index (Phi) is 6.48. The van der Waals surface area contributed by atoms with Crippen LogP contribution in [0.1, 0.15) is 30.7 Å².